The molecule has 6 aromatic rings. The third-order valence-electron chi connectivity index (χ3n) is 21.2. The fourth-order valence-electron chi connectivity index (χ4n) is 14.7. The molecule has 6 aromatic heterocycles. The third-order valence-corrected chi connectivity index (χ3v) is 21.2. The van der Waals surface area contributed by atoms with Crippen molar-refractivity contribution in [2.75, 3.05) is 65.8 Å². The summed E-state index contributed by atoms with van der Waals surface area (Å²) < 4.78 is 31.6. The monoisotopic (exact) mass is 1830 g/mol. The zero-order valence-corrected chi connectivity index (χ0v) is 73.6. The van der Waals surface area contributed by atoms with Gasteiger partial charge in [-0.25, -0.2) is 19.9 Å². The zero-order valence-electron chi connectivity index (χ0n) is 70.5. The summed E-state index contributed by atoms with van der Waals surface area (Å²) in [7, 11) is 0. The summed E-state index contributed by atoms with van der Waals surface area (Å²) in [5.41, 5.74) is 36.5. The van der Waals surface area contributed by atoms with Gasteiger partial charge in [-0.3, -0.25) is 38.4 Å². The minimum absolute atomic E-state index is 0. The maximum atomic E-state index is 12.9. The van der Waals surface area contributed by atoms with Gasteiger partial charge in [0, 0.05) is 64.5 Å². The Bertz CT molecular complexity index is 4890. The van der Waals surface area contributed by atoms with Crippen molar-refractivity contribution in [2.45, 2.75) is 227 Å². The maximum Gasteiger partial charge on any atom is 2.00 e. The van der Waals surface area contributed by atoms with Crippen LogP contribution in [0.25, 0.3) is 88.7 Å². The van der Waals surface area contributed by atoms with Crippen molar-refractivity contribution in [3.05, 3.63) is 139 Å². The van der Waals surface area contributed by atoms with Crippen LogP contribution in [-0.2, 0) is 133 Å². The second-order valence-corrected chi connectivity index (χ2v) is 28.9. The van der Waals surface area contributed by atoms with Crippen molar-refractivity contribution in [2.24, 2.45) is 11.5 Å². The van der Waals surface area contributed by atoms with Gasteiger partial charge < -0.3 is 70.5 Å². The molecule has 4 aliphatic heterocycles. The van der Waals surface area contributed by atoms with E-state index in [1.54, 1.807) is 41.5 Å². The fraction of sp³-hybridized carbons (Fsp3) is 0.478. The first-order chi connectivity index (χ1) is 55.8. The van der Waals surface area contributed by atoms with Crippen LogP contribution in [0, 0.1) is 27.7 Å². The van der Waals surface area contributed by atoms with Crippen molar-refractivity contribution < 1.29 is 108 Å². The molecule has 0 fully saturated rings. The fourth-order valence-corrected chi connectivity index (χ4v) is 14.7. The number of aryl methyl sites for hydroxylation is 8. The number of hydrogen-bond donors (Lipinski definition) is 4. The molecule has 16 bridgehead atoms. The first kappa shape index (κ1) is 101. The van der Waals surface area contributed by atoms with E-state index in [0.29, 0.717) is 220 Å². The van der Waals surface area contributed by atoms with Gasteiger partial charge in [-0.2, -0.15) is 0 Å². The maximum absolute atomic E-state index is 12.9. The van der Waals surface area contributed by atoms with E-state index in [2.05, 4.69) is 10.6 Å². The van der Waals surface area contributed by atoms with Crippen LogP contribution in [-0.4, -0.2) is 133 Å². The largest absolute Gasteiger partial charge is 2.00 e. The number of nitrogens with two attached hydrogens (primary N) is 2. The molecule has 2 amide bonds. The van der Waals surface area contributed by atoms with E-state index in [-0.39, 0.29) is 155 Å². The molecule has 28 heteroatoms. The predicted octanol–water partition coefficient (Wildman–Crippen LogP) is 14.5. The second kappa shape index (κ2) is 48.6. The molecule has 10 heterocycles. The Morgan fingerprint density at radius 2 is 0.492 bits per heavy atom. The third kappa shape index (κ3) is 26.1. The minimum atomic E-state index is -0.295. The molecule has 0 unspecified atom stereocenters. The van der Waals surface area contributed by atoms with Gasteiger partial charge in [-0.1, -0.05) is 108 Å². The number of rotatable bonds is 36. The van der Waals surface area contributed by atoms with E-state index in [1.807, 2.05) is 104 Å². The topological polar surface area (TPSA) is 376 Å². The van der Waals surface area contributed by atoms with Gasteiger partial charge in [-0.05, 0) is 219 Å². The molecule has 4 aliphatic rings. The van der Waals surface area contributed by atoms with E-state index in [9.17, 15) is 38.4 Å². The van der Waals surface area contributed by atoms with Gasteiger partial charge in [0.05, 0.1) is 85.2 Å². The Hall–Kier alpha value is -9.80. The molecule has 0 aliphatic carbocycles. The summed E-state index contributed by atoms with van der Waals surface area (Å²) in [4.78, 5) is 142. The van der Waals surface area contributed by atoms with Gasteiger partial charge in [0.15, 0.2) is 0 Å². The molecule has 6 N–H and O–H groups in total. The van der Waals surface area contributed by atoms with Crippen molar-refractivity contribution in [3.63, 3.8) is 0 Å². The average molecular weight is 1830 g/mol. The van der Waals surface area contributed by atoms with E-state index in [1.165, 1.54) is 0 Å². The molecule has 26 nitrogen and oxygen atoms in total. The standard InChI is InChI=1S/2C45H57N6O7.2CH4.2Pd/c2*1-8-56-43(53)17-13-31-27(5)35-22-38-30(12-16-42(52)47-21-11-20-46)26(4)34(48-38)23-39-32(14-18-44(54)57-9-2)28(6)36(50-39)25-41-33(15-19-45(55)58-10-3)29(7)37(51-41)24-40(31)49-35;;;;/h2*22-25H,8-21,46H2,1-7H3,(H2-,47,48,49,50,51,52);2*1H4;;/q2*-1;;;2*+2/p-2. The van der Waals surface area contributed by atoms with E-state index in [0.717, 1.165) is 89.1 Å². The Morgan fingerprint density at radius 1 is 0.300 bits per heavy atom. The average Bonchev–Trinajstić information content (AvgIpc) is 1.62. The summed E-state index contributed by atoms with van der Waals surface area (Å²) in [6.45, 7) is 30.4. The number of ether oxygens (including phenoxy) is 6. The number of nitrogens with zero attached hydrogens (tertiary/aromatic N) is 8. The Balaban J connectivity index is 0.000000413. The number of carbonyl (C=O) groups excluding carboxylic acids is 8. The number of allylic oxidation sites excluding steroid dienone is 8. The first-order valence-corrected chi connectivity index (χ1v) is 40.7. The number of amides is 2. The van der Waals surface area contributed by atoms with E-state index >= 15 is 0 Å². The Morgan fingerprint density at radius 3 is 0.692 bits per heavy atom. The van der Waals surface area contributed by atoms with Crippen molar-refractivity contribution in [1.82, 2.24) is 50.5 Å². The van der Waals surface area contributed by atoms with Crippen LogP contribution in [0.2, 0.25) is 0 Å². The summed E-state index contributed by atoms with van der Waals surface area (Å²) in [5.74, 6) is -1.91. The normalized spacial score (nSPS) is 12.1. The molecule has 0 radical (unpaired) electrons. The summed E-state index contributed by atoms with van der Waals surface area (Å²) >= 11 is 0. The van der Waals surface area contributed by atoms with Crippen molar-refractivity contribution >= 4 is 136 Å². The SMILES string of the molecule is C.C.CCOC(=O)CCC1=C(C)c2cc3[n-]c(cc4nc(cc5[n-]c(cc1n2)c(C)c5CCC(=O)OCC)C(C)=C4CCC(=O)NCCCN)c(C)c3CCC(=O)OCC.CCOC(=O)CCC1=C(C)c2cc3[n-]c(cc4nc(cc5[n-]c(cc1n2)c(C)c5CCC(=O)OCC)C(C)=C4CCC(=O)NCCCN)c(C)c3CCC(=O)OCC.[Pd+2].[Pd+2]. The van der Waals surface area contributed by atoms with Gasteiger partial charge in [0.2, 0.25) is 11.8 Å². The quantitative estimate of drug-likeness (QED) is 0.0123. The Kier molecular flexibility index (Phi) is 40.8. The van der Waals surface area contributed by atoms with Crippen molar-refractivity contribution in [3.8, 4) is 0 Å². The molecule has 652 valence electrons. The van der Waals surface area contributed by atoms with E-state index in [4.69, 9.17) is 79.8 Å². The predicted molar refractivity (Wildman–Crippen MR) is 464 cm³/mol. The number of carbonyl (C=O) groups is 8. The smallest absolute Gasteiger partial charge is 0.657 e. The van der Waals surface area contributed by atoms with Gasteiger partial charge >= 0.3 is 76.7 Å². The Labute approximate surface area is 733 Å². The summed E-state index contributed by atoms with van der Waals surface area (Å²) in [5, 5.41) is 5.90. The molecule has 10 rings (SSSR count). The van der Waals surface area contributed by atoms with Crippen LogP contribution in [0.3, 0.4) is 0 Å². The molecular weight excluding hydrogens is 1710 g/mol. The van der Waals surface area contributed by atoms with Crippen LogP contribution in [0.1, 0.15) is 264 Å². The van der Waals surface area contributed by atoms with Gasteiger partial charge in [0.1, 0.15) is 0 Å². The summed E-state index contributed by atoms with van der Waals surface area (Å²) in [6, 6.07) is 15.5. The molecule has 120 heavy (non-hydrogen) atoms. The number of aromatic nitrogens is 8. The van der Waals surface area contributed by atoms with Gasteiger partial charge in [0.25, 0.3) is 0 Å². The summed E-state index contributed by atoms with van der Waals surface area (Å²) in [6.07, 6.45) is 6.29. The van der Waals surface area contributed by atoms with Gasteiger partial charge in [-0.15, -0.1) is 44.1 Å². The number of fused-ring (bicyclic) bond motifs is 16. The van der Waals surface area contributed by atoms with Crippen LogP contribution in [0.5, 0.6) is 0 Å². The molecule has 0 atom stereocenters. The molecular formula is C92H120N12O14Pd2. The molecule has 0 saturated heterocycles. The molecule has 0 spiro atoms. The second-order valence-electron chi connectivity index (χ2n) is 28.9. The number of esters is 6. The first-order valence-electron chi connectivity index (χ1n) is 40.7. The minimum Gasteiger partial charge on any atom is -0.657 e. The van der Waals surface area contributed by atoms with E-state index < -0.39 is 0 Å². The van der Waals surface area contributed by atoms with Crippen LogP contribution in [0.4, 0.5) is 0 Å². The van der Waals surface area contributed by atoms with Crippen LogP contribution >= 0.6 is 0 Å². The van der Waals surface area contributed by atoms with Crippen LogP contribution in [0.15, 0.2) is 48.5 Å². The van der Waals surface area contributed by atoms with Crippen molar-refractivity contribution in [1.29, 1.82) is 0 Å². The number of nitrogens with one attached hydrogen (secondary N) is 2. The molecule has 0 saturated carbocycles. The van der Waals surface area contributed by atoms with Crippen LogP contribution < -0.4 is 42.0 Å². The zero-order chi connectivity index (χ0) is 83.9. The number of hydrogen-bond acceptors (Lipinski definition) is 20. The molecule has 0 aromatic carbocycles.